The SMILES string of the molecule is C=C(NC1(C(=O)NCc2cccc(C(F)(F)F)c2)CCCCC1)c1ccc(OC)c(C(C)(C)C#N)c1. The molecule has 0 bridgehead atoms. The summed E-state index contributed by atoms with van der Waals surface area (Å²) in [5.41, 5.74) is -0.132. The first-order valence-corrected chi connectivity index (χ1v) is 11.9. The number of nitriles is 1. The second kappa shape index (κ2) is 10.7. The van der Waals surface area contributed by atoms with Crippen molar-refractivity contribution in [2.75, 3.05) is 7.11 Å². The van der Waals surface area contributed by atoms with Gasteiger partial charge in [0.15, 0.2) is 0 Å². The van der Waals surface area contributed by atoms with E-state index in [1.807, 2.05) is 12.1 Å². The Labute approximate surface area is 210 Å². The highest BCUT2D eigenvalue weighted by molar-refractivity contribution is 5.88. The molecule has 1 saturated carbocycles. The van der Waals surface area contributed by atoms with Gasteiger partial charge in [-0.15, -0.1) is 0 Å². The Balaban J connectivity index is 1.82. The minimum Gasteiger partial charge on any atom is -0.496 e. The zero-order valence-corrected chi connectivity index (χ0v) is 20.9. The van der Waals surface area contributed by atoms with E-state index in [1.165, 1.54) is 6.07 Å². The molecule has 0 atom stereocenters. The van der Waals surface area contributed by atoms with Gasteiger partial charge in [0.05, 0.1) is 24.2 Å². The lowest BCUT2D eigenvalue weighted by Crippen LogP contribution is -2.57. The first-order valence-electron chi connectivity index (χ1n) is 11.9. The van der Waals surface area contributed by atoms with Crippen LogP contribution in [0.15, 0.2) is 49.0 Å². The van der Waals surface area contributed by atoms with Gasteiger partial charge < -0.3 is 15.4 Å². The Kier molecular flexibility index (Phi) is 8.02. The first kappa shape index (κ1) is 27.1. The van der Waals surface area contributed by atoms with Crippen molar-refractivity contribution in [3.8, 4) is 11.8 Å². The second-order valence-corrected chi connectivity index (χ2v) is 9.78. The summed E-state index contributed by atoms with van der Waals surface area (Å²) in [5.74, 6) is 0.316. The molecular formula is C28H32F3N3O2. The van der Waals surface area contributed by atoms with E-state index in [9.17, 15) is 23.2 Å². The highest BCUT2D eigenvalue weighted by Gasteiger charge is 2.40. The van der Waals surface area contributed by atoms with Gasteiger partial charge in [-0.25, -0.2) is 0 Å². The van der Waals surface area contributed by atoms with Crippen LogP contribution in [0.2, 0.25) is 0 Å². The van der Waals surface area contributed by atoms with Gasteiger partial charge in [0.25, 0.3) is 0 Å². The van der Waals surface area contributed by atoms with E-state index < -0.39 is 22.7 Å². The van der Waals surface area contributed by atoms with Crippen LogP contribution in [0.5, 0.6) is 5.75 Å². The maximum atomic E-state index is 13.4. The molecule has 36 heavy (non-hydrogen) atoms. The largest absolute Gasteiger partial charge is 0.496 e. The molecule has 2 N–H and O–H groups in total. The molecule has 2 aromatic carbocycles. The topological polar surface area (TPSA) is 74.2 Å². The lowest BCUT2D eigenvalue weighted by Gasteiger charge is -2.38. The molecule has 0 spiro atoms. The molecule has 3 rings (SSSR count). The molecule has 5 nitrogen and oxygen atoms in total. The fourth-order valence-electron chi connectivity index (χ4n) is 4.58. The fraction of sp³-hybridized carbons (Fsp3) is 0.429. The summed E-state index contributed by atoms with van der Waals surface area (Å²) in [4.78, 5) is 13.4. The number of carbonyl (C=O) groups is 1. The number of carbonyl (C=O) groups excluding carboxylic acids is 1. The molecule has 1 amide bonds. The minimum absolute atomic E-state index is 0.0122. The van der Waals surface area contributed by atoms with Crippen molar-refractivity contribution in [1.82, 2.24) is 10.6 Å². The highest BCUT2D eigenvalue weighted by Crippen LogP contribution is 2.35. The summed E-state index contributed by atoms with van der Waals surface area (Å²) in [5, 5.41) is 15.8. The second-order valence-electron chi connectivity index (χ2n) is 9.78. The summed E-state index contributed by atoms with van der Waals surface area (Å²) in [6.45, 7) is 7.76. The molecule has 0 aromatic heterocycles. The standard InChI is InChI=1S/C28H32F3N3O2/c1-19(21-11-12-24(36-4)23(16-21)26(2,3)18-32)34-27(13-6-5-7-14-27)25(35)33-17-20-9-8-10-22(15-20)28(29,30)31/h8-12,15-16,34H,1,5-7,13-14,17H2,2-4H3,(H,33,35). The summed E-state index contributed by atoms with van der Waals surface area (Å²) < 4.78 is 44.6. The molecule has 1 aliphatic carbocycles. The summed E-state index contributed by atoms with van der Waals surface area (Å²) in [6.07, 6.45) is -0.611. The van der Waals surface area contributed by atoms with E-state index >= 15 is 0 Å². The first-order chi connectivity index (χ1) is 16.9. The number of methoxy groups -OCH3 is 1. The Morgan fingerprint density at radius 1 is 1.14 bits per heavy atom. The van der Waals surface area contributed by atoms with Gasteiger partial charge in [0.1, 0.15) is 11.3 Å². The number of hydrogen-bond acceptors (Lipinski definition) is 4. The van der Waals surface area contributed by atoms with E-state index in [0.29, 0.717) is 35.4 Å². The van der Waals surface area contributed by atoms with Gasteiger partial charge in [0, 0.05) is 17.8 Å². The van der Waals surface area contributed by atoms with Crippen LogP contribution >= 0.6 is 0 Å². The van der Waals surface area contributed by atoms with Crippen molar-refractivity contribution in [3.63, 3.8) is 0 Å². The predicted octanol–water partition coefficient (Wildman–Crippen LogP) is 6.09. The van der Waals surface area contributed by atoms with Crippen LogP contribution in [-0.2, 0) is 22.9 Å². The zero-order valence-electron chi connectivity index (χ0n) is 20.9. The third-order valence-electron chi connectivity index (χ3n) is 6.74. The number of rotatable bonds is 8. The molecule has 1 aliphatic rings. The van der Waals surface area contributed by atoms with Crippen molar-refractivity contribution in [1.29, 1.82) is 5.26 Å². The van der Waals surface area contributed by atoms with Gasteiger partial charge in [-0.2, -0.15) is 18.4 Å². The van der Waals surface area contributed by atoms with Crippen molar-refractivity contribution < 1.29 is 22.7 Å². The average molecular weight is 500 g/mol. The molecule has 0 unspecified atom stereocenters. The quantitative estimate of drug-likeness (QED) is 0.461. The normalized spacial score (nSPS) is 15.5. The van der Waals surface area contributed by atoms with Gasteiger partial charge in [0.2, 0.25) is 5.91 Å². The number of alkyl halides is 3. The van der Waals surface area contributed by atoms with Crippen molar-refractivity contribution in [3.05, 3.63) is 71.3 Å². The number of benzene rings is 2. The van der Waals surface area contributed by atoms with Gasteiger partial charge in [-0.3, -0.25) is 4.79 Å². The molecule has 0 saturated heterocycles. The van der Waals surface area contributed by atoms with Crippen LogP contribution in [0, 0.1) is 11.3 Å². The summed E-state index contributed by atoms with van der Waals surface area (Å²) in [7, 11) is 1.55. The van der Waals surface area contributed by atoms with E-state index in [0.717, 1.165) is 37.0 Å². The van der Waals surface area contributed by atoms with Crippen molar-refractivity contribution >= 4 is 11.6 Å². The zero-order chi connectivity index (χ0) is 26.6. The highest BCUT2D eigenvalue weighted by atomic mass is 19.4. The number of halogens is 3. The van der Waals surface area contributed by atoms with Gasteiger partial charge in [-0.05, 0) is 68.1 Å². The lowest BCUT2D eigenvalue weighted by molar-refractivity contribution is -0.137. The molecule has 1 fully saturated rings. The van der Waals surface area contributed by atoms with Crippen LogP contribution in [0.1, 0.15) is 68.2 Å². The molecule has 0 heterocycles. The average Bonchev–Trinajstić information content (AvgIpc) is 2.87. The monoisotopic (exact) mass is 499 g/mol. The lowest BCUT2D eigenvalue weighted by atomic mass is 9.80. The third kappa shape index (κ3) is 6.01. The maximum absolute atomic E-state index is 13.4. The molecule has 192 valence electrons. The molecular weight excluding hydrogens is 467 g/mol. The Morgan fingerprint density at radius 2 is 1.83 bits per heavy atom. The van der Waals surface area contributed by atoms with E-state index in [-0.39, 0.29) is 12.5 Å². The number of nitrogens with one attached hydrogen (secondary N) is 2. The van der Waals surface area contributed by atoms with Crippen LogP contribution in [0.4, 0.5) is 13.2 Å². The smallest absolute Gasteiger partial charge is 0.416 e. The van der Waals surface area contributed by atoms with E-state index in [1.54, 1.807) is 33.1 Å². The van der Waals surface area contributed by atoms with Gasteiger partial charge in [-0.1, -0.05) is 38.0 Å². The van der Waals surface area contributed by atoms with Crippen LogP contribution in [-0.4, -0.2) is 18.6 Å². The van der Waals surface area contributed by atoms with E-state index in [2.05, 4.69) is 23.3 Å². The summed E-state index contributed by atoms with van der Waals surface area (Å²) >= 11 is 0. The van der Waals surface area contributed by atoms with Gasteiger partial charge >= 0.3 is 6.18 Å². The van der Waals surface area contributed by atoms with E-state index in [4.69, 9.17) is 4.74 Å². The Hall–Kier alpha value is -3.47. The van der Waals surface area contributed by atoms with Crippen molar-refractivity contribution in [2.24, 2.45) is 0 Å². The molecule has 0 radical (unpaired) electrons. The Bertz CT molecular complexity index is 1160. The number of hydrogen-bond donors (Lipinski definition) is 2. The third-order valence-corrected chi connectivity index (χ3v) is 6.74. The van der Waals surface area contributed by atoms with Crippen LogP contribution in [0.25, 0.3) is 5.70 Å². The molecule has 0 aliphatic heterocycles. The number of ether oxygens (including phenoxy) is 1. The Morgan fingerprint density at radius 3 is 2.44 bits per heavy atom. The number of nitrogens with zero attached hydrogens (tertiary/aromatic N) is 1. The van der Waals surface area contributed by atoms with Crippen LogP contribution < -0.4 is 15.4 Å². The molecule has 2 aromatic rings. The number of amides is 1. The summed E-state index contributed by atoms with van der Waals surface area (Å²) in [6, 6.07) is 12.7. The van der Waals surface area contributed by atoms with Crippen molar-refractivity contribution in [2.45, 2.75) is 69.6 Å². The molecule has 8 heteroatoms. The predicted molar refractivity (Wildman–Crippen MR) is 133 cm³/mol. The van der Waals surface area contributed by atoms with Crippen LogP contribution in [0.3, 0.4) is 0 Å². The fourth-order valence-corrected chi connectivity index (χ4v) is 4.58. The minimum atomic E-state index is -4.44. The maximum Gasteiger partial charge on any atom is 0.416 e.